The van der Waals surface area contributed by atoms with E-state index in [1.54, 1.807) is 16.9 Å². The number of nitro benzene ring substituents is 1. The fourth-order valence-electron chi connectivity index (χ4n) is 2.73. The summed E-state index contributed by atoms with van der Waals surface area (Å²) >= 11 is 7.42. The van der Waals surface area contributed by atoms with Gasteiger partial charge in [0.1, 0.15) is 5.69 Å². The van der Waals surface area contributed by atoms with Crippen molar-refractivity contribution >= 4 is 40.2 Å². The summed E-state index contributed by atoms with van der Waals surface area (Å²) in [5.41, 5.74) is 2.16. The van der Waals surface area contributed by atoms with Crippen LogP contribution in [0.25, 0.3) is 16.3 Å². The lowest BCUT2D eigenvalue weighted by Gasteiger charge is -2.04. The van der Waals surface area contributed by atoms with Crippen molar-refractivity contribution in [2.45, 2.75) is 0 Å². The number of carbonyl (C=O) groups is 1. The number of nitrogens with zero attached hydrogens (tertiary/aromatic N) is 3. The van der Waals surface area contributed by atoms with Crippen LogP contribution in [0.2, 0.25) is 4.34 Å². The zero-order valence-corrected chi connectivity index (χ0v) is 16.4. The molecule has 0 aliphatic rings. The van der Waals surface area contributed by atoms with E-state index in [-0.39, 0.29) is 5.69 Å². The predicted octanol–water partition coefficient (Wildman–Crippen LogP) is 5.41. The van der Waals surface area contributed by atoms with Crippen molar-refractivity contribution in [3.05, 3.63) is 92.9 Å². The Kier molecular flexibility index (Phi) is 5.11. The summed E-state index contributed by atoms with van der Waals surface area (Å²) in [7, 11) is 0. The molecule has 0 spiro atoms. The number of carbonyl (C=O) groups excluding carboxylic acids is 1. The van der Waals surface area contributed by atoms with E-state index in [9.17, 15) is 14.9 Å². The van der Waals surface area contributed by atoms with Gasteiger partial charge in [0, 0.05) is 17.7 Å². The molecule has 2 aromatic carbocycles. The molecule has 0 saturated heterocycles. The maximum Gasteiger partial charge on any atom is 0.269 e. The van der Waals surface area contributed by atoms with Crippen molar-refractivity contribution in [2.24, 2.45) is 0 Å². The zero-order chi connectivity index (χ0) is 20.4. The fraction of sp³-hybridized carbons (Fsp3) is 0. The number of hydrogen-bond donors (Lipinski definition) is 1. The van der Waals surface area contributed by atoms with Crippen molar-refractivity contribution in [1.29, 1.82) is 0 Å². The second-order valence-electron chi connectivity index (χ2n) is 6.03. The summed E-state index contributed by atoms with van der Waals surface area (Å²) in [4.78, 5) is 23.8. The van der Waals surface area contributed by atoms with Crippen LogP contribution >= 0.6 is 22.9 Å². The van der Waals surface area contributed by atoms with Crippen LogP contribution in [0.3, 0.4) is 0 Å². The Balaban J connectivity index is 1.69. The number of para-hydroxylation sites is 1. The van der Waals surface area contributed by atoms with Crippen LogP contribution in [0.4, 0.5) is 11.4 Å². The number of thiophene rings is 1. The van der Waals surface area contributed by atoms with E-state index < -0.39 is 10.8 Å². The van der Waals surface area contributed by atoms with E-state index in [1.807, 2.05) is 36.4 Å². The molecule has 0 radical (unpaired) electrons. The summed E-state index contributed by atoms with van der Waals surface area (Å²) < 4.78 is 2.29. The first-order valence-corrected chi connectivity index (χ1v) is 9.67. The fourth-order valence-corrected chi connectivity index (χ4v) is 3.77. The van der Waals surface area contributed by atoms with Gasteiger partial charge in [-0.25, -0.2) is 4.68 Å². The largest absolute Gasteiger partial charge is 0.319 e. The number of nitrogens with one attached hydrogen (secondary N) is 1. The molecule has 2 heterocycles. The number of amides is 1. The Morgan fingerprint density at radius 2 is 1.79 bits per heavy atom. The minimum Gasteiger partial charge on any atom is -0.319 e. The Morgan fingerprint density at radius 3 is 2.41 bits per heavy atom. The van der Waals surface area contributed by atoms with Gasteiger partial charge in [0.05, 0.1) is 31.7 Å². The molecule has 7 nitrogen and oxygen atoms in total. The summed E-state index contributed by atoms with van der Waals surface area (Å²) in [5, 5.41) is 18.3. The van der Waals surface area contributed by atoms with Gasteiger partial charge in [-0.05, 0) is 36.4 Å². The summed E-state index contributed by atoms with van der Waals surface area (Å²) in [6, 6.07) is 18.5. The normalized spacial score (nSPS) is 10.7. The van der Waals surface area contributed by atoms with Gasteiger partial charge in [0.15, 0.2) is 0 Å². The summed E-state index contributed by atoms with van der Waals surface area (Å²) in [5.74, 6) is -0.392. The molecule has 0 bridgehead atoms. The number of rotatable bonds is 5. The van der Waals surface area contributed by atoms with E-state index in [2.05, 4.69) is 10.4 Å². The van der Waals surface area contributed by atoms with Crippen LogP contribution in [0.15, 0.2) is 72.9 Å². The van der Waals surface area contributed by atoms with Gasteiger partial charge in [0.25, 0.3) is 11.6 Å². The van der Waals surface area contributed by atoms with Gasteiger partial charge >= 0.3 is 0 Å². The first kappa shape index (κ1) is 18.9. The molecule has 4 rings (SSSR count). The molecule has 0 aliphatic heterocycles. The maximum atomic E-state index is 12.7. The Labute approximate surface area is 174 Å². The minimum atomic E-state index is -0.510. The number of anilines is 1. The molecular weight excluding hydrogens is 412 g/mol. The molecule has 0 unspecified atom stereocenters. The summed E-state index contributed by atoms with van der Waals surface area (Å²) in [6.45, 7) is 0. The monoisotopic (exact) mass is 424 g/mol. The van der Waals surface area contributed by atoms with E-state index in [0.717, 1.165) is 10.6 Å². The van der Waals surface area contributed by atoms with Gasteiger partial charge in [-0.15, -0.1) is 11.3 Å². The lowest BCUT2D eigenvalue weighted by atomic mass is 10.2. The quantitative estimate of drug-likeness (QED) is 0.342. The lowest BCUT2D eigenvalue weighted by Crippen LogP contribution is -2.12. The lowest BCUT2D eigenvalue weighted by molar-refractivity contribution is -0.384. The van der Waals surface area contributed by atoms with Crippen molar-refractivity contribution < 1.29 is 9.72 Å². The Bertz CT molecular complexity index is 1190. The molecule has 1 N–H and O–H groups in total. The topological polar surface area (TPSA) is 90.1 Å². The zero-order valence-electron chi connectivity index (χ0n) is 14.8. The van der Waals surface area contributed by atoms with E-state index in [4.69, 9.17) is 11.6 Å². The molecule has 2 aromatic heterocycles. The van der Waals surface area contributed by atoms with E-state index >= 15 is 0 Å². The highest BCUT2D eigenvalue weighted by atomic mass is 35.5. The molecule has 0 fully saturated rings. The number of benzene rings is 2. The predicted molar refractivity (Wildman–Crippen MR) is 113 cm³/mol. The number of aromatic nitrogens is 2. The molecule has 0 saturated carbocycles. The van der Waals surface area contributed by atoms with Crippen LogP contribution in [0.5, 0.6) is 0 Å². The number of nitro groups is 1. The average molecular weight is 425 g/mol. The number of non-ortho nitro benzene ring substituents is 1. The van der Waals surface area contributed by atoms with Crippen molar-refractivity contribution in [3.8, 4) is 16.3 Å². The molecule has 4 aromatic rings. The molecule has 0 aliphatic carbocycles. The van der Waals surface area contributed by atoms with E-state index in [1.165, 1.54) is 35.6 Å². The maximum absolute atomic E-state index is 12.7. The highest BCUT2D eigenvalue weighted by molar-refractivity contribution is 7.19. The van der Waals surface area contributed by atoms with Crippen molar-refractivity contribution in [3.63, 3.8) is 0 Å². The average Bonchev–Trinajstić information content (AvgIpc) is 3.35. The van der Waals surface area contributed by atoms with Crippen LogP contribution in [-0.4, -0.2) is 20.6 Å². The molecule has 144 valence electrons. The van der Waals surface area contributed by atoms with Crippen molar-refractivity contribution in [2.75, 3.05) is 5.32 Å². The van der Waals surface area contributed by atoms with Gasteiger partial charge in [-0.1, -0.05) is 29.8 Å². The second-order valence-corrected chi connectivity index (χ2v) is 7.75. The first-order chi connectivity index (χ1) is 14.0. The Morgan fingerprint density at radius 1 is 1.07 bits per heavy atom. The number of hydrogen-bond acceptors (Lipinski definition) is 5. The molecular formula is C20H13ClN4O3S. The number of halogens is 1. The summed E-state index contributed by atoms with van der Waals surface area (Å²) in [6.07, 6.45) is 1.72. The minimum absolute atomic E-state index is 0.0765. The van der Waals surface area contributed by atoms with Crippen LogP contribution in [0, 0.1) is 10.1 Å². The van der Waals surface area contributed by atoms with Crippen LogP contribution in [0.1, 0.15) is 10.4 Å². The Hall–Kier alpha value is -3.49. The van der Waals surface area contributed by atoms with E-state index in [0.29, 0.717) is 21.3 Å². The van der Waals surface area contributed by atoms with Gasteiger partial charge < -0.3 is 5.32 Å². The smallest absolute Gasteiger partial charge is 0.269 e. The van der Waals surface area contributed by atoms with Crippen LogP contribution in [-0.2, 0) is 0 Å². The SMILES string of the molecule is O=C(Nc1cn(-c2ccccc2)nc1-c1ccc(Cl)s1)c1ccc([N+](=O)[O-])cc1. The highest BCUT2D eigenvalue weighted by Crippen LogP contribution is 2.35. The molecule has 0 atom stereocenters. The molecule has 9 heteroatoms. The third-order valence-corrected chi connectivity index (χ3v) is 5.37. The van der Waals surface area contributed by atoms with Gasteiger partial charge in [0.2, 0.25) is 0 Å². The third-order valence-electron chi connectivity index (χ3n) is 4.13. The molecule has 1 amide bonds. The van der Waals surface area contributed by atoms with Crippen LogP contribution < -0.4 is 5.32 Å². The second kappa shape index (κ2) is 7.86. The first-order valence-electron chi connectivity index (χ1n) is 8.48. The standard InChI is InChI=1S/C20H13ClN4O3S/c21-18-11-10-17(29-18)19-16(12-24(23-19)14-4-2-1-3-5-14)22-20(26)13-6-8-15(9-7-13)25(27)28/h1-12H,(H,22,26). The highest BCUT2D eigenvalue weighted by Gasteiger charge is 2.18. The third kappa shape index (κ3) is 4.03. The van der Waals surface area contributed by atoms with Gasteiger partial charge in [-0.3, -0.25) is 14.9 Å². The van der Waals surface area contributed by atoms with Crippen molar-refractivity contribution in [1.82, 2.24) is 9.78 Å². The van der Waals surface area contributed by atoms with Gasteiger partial charge in [-0.2, -0.15) is 5.10 Å². The molecule has 29 heavy (non-hydrogen) atoms.